The van der Waals surface area contributed by atoms with E-state index in [1.165, 1.54) is 84.9 Å². The Balaban J connectivity index is 0.761. The summed E-state index contributed by atoms with van der Waals surface area (Å²) in [5, 5.41) is 57.7. The summed E-state index contributed by atoms with van der Waals surface area (Å²) in [6.45, 7) is 0.443. The maximum Gasteiger partial charge on any atom is 0.472 e. The van der Waals surface area contributed by atoms with Crippen LogP contribution in [0.4, 0.5) is 0 Å². The molecule has 5 aromatic rings. The number of fused-ring (bicyclic) bond motifs is 4. The number of unbranched alkanes of at least 4 members (excludes halogenated alkanes) is 2. The lowest BCUT2D eigenvalue weighted by atomic mass is 9.88. The number of nitrogens with one attached hydrogen (secondary N) is 2. The van der Waals surface area contributed by atoms with Gasteiger partial charge in [-0.2, -0.15) is 0 Å². The molecule has 0 radical (unpaired) electrons. The smallest absolute Gasteiger partial charge is 0.472 e. The summed E-state index contributed by atoms with van der Waals surface area (Å²) in [4.78, 5) is 103. The first-order valence-electron chi connectivity index (χ1n) is 27.2. The van der Waals surface area contributed by atoms with E-state index in [0.717, 1.165) is 0 Å². The second kappa shape index (κ2) is 28.9. The van der Waals surface area contributed by atoms with E-state index in [4.69, 9.17) is 27.2 Å². The average molecular weight is 1280 g/mol. The number of phosphoric ester groups is 3. The summed E-state index contributed by atoms with van der Waals surface area (Å²) in [6, 6.07) is 25.8. The minimum Gasteiger partial charge on any atom is -0.508 e. The first-order valence-corrected chi connectivity index (χ1v) is 31.7. The second-order valence-electron chi connectivity index (χ2n) is 20.3. The zero-order valence-electron chi connectivity index (χ0n) is 46.6. The molecule has 4 unspecified atom stereocenters. The Kier molecular flexibility index (Phi) is 21.7. The summed E-state index contributed by atoms with van der Waals surface area (Å²) in [5.74, 6) is -4.73. The predicted molar refractivity (Wildman–Crippen MR) is 315 cm³/mol. The Bertz CT molecular complexity index is 4070. The molecule has 26 nitrogen and oxygen atoms in total. The highest BCUT2D eigenvalue weighted by Gasteiger charge is 2.30. The highest BCUT2D eigenvalue weighted by atomic mass is 31.2. The van der Waals surface area contributed by atoms with Crippen molar-refractivity contribution in [3.63, 3.8) is 0 Å². The maximum absolute atomic E-state index is 13.5. The number of benzene rings is 6. The first-order chi connectivity index (χ1) is 41.8. The number of aliphatic hydroxyl groups is 1. The van der Waals surface area contributed by atoms with Gasteiger partial charge in [0.05, 0.1) is 44.2 Å². The van der Waals surface area contributed by atoms with Crippen LogP contribution in [0.5, 0.6) is 23.0 Å². The van der Waals surface area contributed by atoms with E-state index in [-0.39, 0.29) is 106 Å². The highest BCUT2D eigenvalue weighted by molar-refractivity contribution is 7.47. The van der Waals surface area contributed by atoms with Crippen molar-refractivity contribution in [3.05, 3.63) is 163 Å². The van der Waals surface area contributed by atoms with Gasteiger partial charge in [0.25, 0.3) is 11.8 Å². The minimum absolute atomic E-state index is 0.0679. The lowest BCUT2D eigenvalue weighted by molar-refractivity contribution is 0.0686. The number of aliphatic hydroxyl groups excluding tert-OH is 1. The fourth-order valence-corrected chi connectivity index (χ4v) is 11.6. The molecule has 3 aliphatic rings. The van der Waals surface area contributed by atoms with Crippen molar-refractivity contribution >= 4 is 70.3 Å². The van der Waals surface area contributed by atoms with E-state index in [0.29, 0.717) is 56.7 Å². The number of phosphoric acid groups is 3. The van der Waals surface area contributed by atoms with Gasteiger partial charge in [0.2, 0.25) is 0 Å². The summed E-state index contributed by atoms with van der Waals surface area (Å²) in [5.41, 5.74) is 1.74. The molecule has 0 bridgehead atoms. The first kappa shape index (κ1) is 66.1. The van der Waals surface area contributed by atoms with Gasteiger partial charge >= 0.3 is 35.4 Å². The summed E-state index contributed by atoms with van der Waals surface area (Å²) >= 11 is 0. The summed E-state index contributed by atoms with van der Waals surface area (Å²) in [6.07, 6.45) is 1.67. The third-order valence-electron chi connectivity index (χ3n) is 13.9. The number of aromatic carboxylic acids is 2. The van der Waals surface area contributed by atoms with Gasteiger partial charge in [0.1, 0.15) is 34.3 Å². The molecule has 1 aliphatic carbocycles. The molecule has 0 aromatic heterocycles. The Hall–Kier alpha value is -7.90. The number of phenols is 2. The molecule has 0 saturated heterocycles. The number of hydrogen-bond acceptors (Lipinski definition) is 18. The number of carbonyl (C=O) groups excluding carboxylic acids is 2. The number of carbonyl (C=O) groups is 4. The van der Waals surface area contributed by atoms with E-state index in [1.807, 2.05) is 0 Å². The Morgan fingerprint density at radius 2 is 1.12 bits per heavy atom. The van der Waals surface area contributed by atoms with Crippen LogP contribution < -0.4 is 31.2 Å². The zero-order valence-corrected chi connectivity index (χ0v) is 49.3. The molecule has 88 heavy (non-hydrogen) atoms. The van der Waals surface area contributed by atoms with Crippen LogP contribution in [0.25, 0.3) is 45.6 Å². The number of aromatic hydroxyl groups is 2. The SMILES string of the molecule is C=c1ccc2c(c1)Oc1cc(O)ccc1C=2c1cc(C(=O)NCCCCC(COP(=O)(O)O)COP(=O)(O)OCCOP(=O)(O)OCC(CO)CCCCNC(=O)c2ccc(C(=O)O)c(-c3c4ccc(=O)cc-4oc4cc(O)ccc34)c2)ccc1C(=O)O. The van der Waals surface area contributed by atoms with E-state index in [1.54, 1.807) is 24.3 Å². The normalized spacial score (nSPS) is 14.2. The quantitative estimate of drug-likeness (QED) is 0.0116. The van der Waals surface area contributed by atoms with Crippen LogP contribution >= 0.6 is 23.5 Å². The van der Waals surface area contributed by atoms with E-state index >= 15 is 0 Å². The summed E-state index contributed by atoms with van der Waals surface area (Å²) < 4.78 is 73.3. The van der Waals surface area contributed by atoms with Crippen molar-refractivity contribution in [1.29, 1.82) is 0 Å². The largest absolute Gasteiger partial charge is 0.508 e. The van der Waals surface area contributed by atoms with Gasteiger partial charge in [-0.3, -0.25) is 37.0 Å². The van der Waals surface area contributed by atoms with Gasteiger partial charge < -0.3 is 64.9 Å². The van der Waals surface area contributed by atoms with Crippen molar-refractivity contribution in [3.8, 4) is 45.4 Å². The third kappa shape index (κ3) is 17.5. The molecule has 8 rings (SSSR count). The zero-order chi connectivity index (χ0) is 63.5. The van der Waals surface area contributed by atoms with Crippen molar-refractivity contribution in [1.82, 2.24) is 10.6 Å². The Labute approximate surface area is 500 Å². The monoisotopic (exact) mass is 1270 g/mol. The molecule has 29 heteroatoms. The van der Waals surface area contributed by atoms with Crippen LogP contribution in [0.3, 0.4) is 0 Å². The van der Waals surface area contributed by atoms with Gasteiger partial charge in [0.15, 0.2) is 5.43 Å². The van der Waals surface area contributed by atoms with E-state index in [2.05, 4.69) is 21.7 Å². The van der Waals surface area contributed by atoms with Crippen molar-refractivity contribution in [2.45, 2.75) is 38.5 Å². The van der Waals surface area contributed by atoms with Crippen LogP contribution in [0, 0.1) is 11.8 Å². The van der Waals surface area contributed by atoms with Gasteiger partial charge in [-0.05, 0) is 121 Å². The maximum atomic E-state index is 13.5. The number of amides is 2. The molecule has 0 saturated carbocycles. The molecule has 0 fully saturated rings. The molecule has 4 atom stereocenters. The van der Waals surface area contributed by atoms with Crippen LogP contribution in [0.1, 0.15) is 91.1 Å². The fourth-order valence-electron chi connectivity index (χ4n) is 9.67. The number of carboxylic acids is 2. The lowest BCUT2D eigenvalue weighted by Gasteiger charge is -2.22. The molecular weight excluding hydrogens is 1210 g/mol. The number of hydrogen-bond donors (Lipinski definition) is 11. The molecule has 466 valence electrons. The van der Waals surface area contributed by atoms with Crippen molar-refractivity contribution in [2.24, 2.45) is 11.8 Å². The van der Waals surface area contributed by atoms with E-state index in [9.17, 15) is 82.8 Å². The fraction of sp³-hybridized carbons (Fsp3) is 0.271. The third-order valence-corrected chi connectivity index (χ3v) is 16.4. The van der Waals surface area contributed by atoms with Gasteiger partial charge in [0, 0.05) is 93.7 Å². The van der Waals surface area contributed by atoms with Crippen molar-refractivity contribution < 1.29 is 110 Å². The molecular formula is C59H61N2O24P3. The van der Waals surface area contributed by atoms with Gasteiger partial charge in [-0.25, -0.2) is 23.3 Å². The van der Waals surface area contributed by atoms with Crippen LogP contribution in [0.15, 0.2) is 118 Å². The van der Waals surface area contributed by atoms with Gasteiger partial charge in [-0.1, -0.05) is 31.6 Å². The average Bonchev–Trinajstić information content (AvgIpc) is 0.844. The Morgan fingerprint density at radius 1 is 0.568 bits per heavy atom. The molecule has 2 heterocycles. The van der Waals surface area contributed by atoms with Crippen LogP contribution in [-0.2, 0) is 36.3 Å². The van der Waals surface area contributed by atoms with Gasteiger partial charge in [-0.15, -0.1) is 0 Å². The second-order valence-corrected chi connectivity index (χ2v) is 24.5. The lowest BCUT2D eigenvalue weighted by Crippen LogP contribution is -2.25. The van der Waals surface area contributed by atoms with Crippen LogP contribution in [0.2, 0.25) is 0 Å². The summed E-state index contributed by atoms with van der Waals surface area (Å²) in [7, 11) is -14.7. The standard InChI is InChI=1S/C59H61N2O24P3/c1-34-8-14-44-50(24-34)84-51-27-39(63)11-17-45(51)54(44)48-25-37(9-15-42(48)58(68)69)57(67)61-21-5-3-7-36(32-81-86(72,73)74)33-83-88(77,78)80-23-22-79-87(75,76)82-31-35(30-62)6-2-4-20-60-56(66)38-10-16-43(59(70)71)49(26-38)55-46-18-12-40(64)28-52(46)85-53-29-41(65)13-19-47(53)55/h8-19,24-29,35-36,62-64H,1-7,20-23,30-33H2,(H,60,66)(H,61,67)(H,68,69)(H,70,71)(H,75,76)(H,77,78)(H2,72,73,74). The molecule has 11 N–H and O–H groups in total. The number of carboxylic acid groups (broad SMARTS) is 2. The van der Waals surface area contributed by atoms with Crippen molar-refractivity contribution in [2.75, 3.05) is 52.7 Å². The topological polar surface area (TPSA) is 411 Å². The molecule has 5 aromatic carbocycles. The predicted octanol–water partition coefficient (Wildman–Crippen LogP) is 7.24. The molecule has 2 amide bonds. The molecule has 0 spiro atoms. The van der Waals surface area contributed by atoms with E-state index < -0.39 is 98.7 Å². The number of phenolic OH excluding ortho intramolecular Hbond substituents is 2. The number of ether oxygens (including phenoxy) is 1. The molecule has 2 aliphatic heterocycles. The minimum atomic E-state index is -5.01. The number of rotatable bonds is 31. The highest BCUT2D eigenvalue weighted by Crippen LogP contribution is 2.48. The Morgan fingerprint density at radius 3 is 1.74 bits per heavy atom. The van der Waals surface area contributed by atoms with Crippen LogP contribution in [-0.4, -0.2) is 122 Å².